The number of aliphatic hydroxyl groups excluding tert-OH is 1. The van der Waals surface area contributed by atoms with Gasteiger partial charge >= 0.3 is 0 Å². The van der Waals surface area contributed by atoms with E-state index in [9.17, 15) is 4.79 Å². The zero-order valence-electron chi connectivity index (χ0n) is 9.50. The highest BCUT2D eigenvalue weighted by atomic mass is 16.3. The third-order valence-corrected chi connectivity index (χ3v) is 1.84. The van der Waals surface area contributed by atoms with Gasteiger partial charge in [-0.25, -0.2) is 0 Å². The molecule has 0 aromatic heterocycles. The first-order valence-electron chi connectivity index (χ1n) is 5.15. The van der Waals surface area contributed by atoms with Crippen LogP contribution in [0, 0.1) is 0 Å². The highest BCUT2D eigenvalue weighted by Gasteiger charge is 2.12. The van der Waals surface area contributed by atoms with Crippen LogP contribution in [-0.2, 0) is 4.79 Å². The van der Waals surface area contributed by atoms with Crippen molar-refractivity contribution in [3.63, 3.8) is 0 Å². The van der Waals surface area contributed by atoms with Crippen LogP contribution < -0.4 is 10.6 Å². The van der Waals surface area contributed by atoms with E-state index in [-0.39, 0.29) is 24.1 Å². The van der Waals surface area contributed by atoms with E-state index in [2.05, 4.69) is 10.6 Å². The minimum atomic E-state index is -0.317. The van der Waals surface area contributed by atoms with Crippen LogP contribution >= 0.6 is 0 Å². The molecule has 0 saturated carbocycles. The normalized spacial score (nSPS) is 15.3. The zero-order chi connectivity index (χ0) is 11.1. The Bertz CT molecular complexity index is 170. The van der Waals surface area contributed by atoms with Crippen molar-refractivity contribution in [3.8, 4) is 0 Å². The molecule has 14 heavy (non-hydrogen) atoms. The first-order valence-corrected chi connectivity index (χ1v) is 5.15. The molecule has 4 heteroatoms. The number of nitrogens with one attached hydrogen (secondary N) is 2. The van der Waals surface area contributed by atoms with Crippen molar-refractivity contribution >= 4 is 5.91 Å². The summed E-state index contributed by atoms with van der Waals surface area (Å²) in [6.45, 7) is 8.07. The van der Waals surface area contributed by atoms with Crippen molar-refractivity contribution in [1.82, 2.24) is 10.6 Å². The van der Waals surface area contributed by atoms with Crippen molar-refractivity contribution in [2.75, 3.05) is 6.54 Å². The standard InChI is InChI=1S/C10H22N2O2/c1-7(2)12-10(14)9(4)11-6-5-8(3)13/h7-9,11,13H,5-6H2,1-4H3,(H,12,14). The molecular weight excluding hydrogens is 180 g/mol. The van der Waals surface area contributed by atoms with Crippen molar-refractivity contribution < 1.29 is 9.90 Å². The molecule has 0 aliphatic heterocycles. The predicted octanol–water partition coefficient (Wildman–Crippen LogP) is 0.260. The summed E-state index contributed by atoms with van der Waals surface area (Å²) in [5, 5.41) is 14.9. The molecule has 0 aromatic carbocycles. The molecule has 0 saturated heterocycles. The minimum absolute atomic E-state index is 0.00518. The number of hydrogen-bond acceptors (Lipinski definition) is 3. The summed E-state index contributed by atoms with van der Waals surface area (Å²) in [5.41, 5.74) is 0. The fourth-order valence-corrected chi connectivity index (χ4v) is 1.01. The molecule has 2 unspecified atom stereocenters. The molecule has 0 heterocycles. The van der Waals surface area contributed by atoms with Gasteiger partial charge in [0, 0.05) is 6.04 Å². The molecule has 1 amide bonds. The maximum Gasteiger partial charge on any atom is 0.237 e. The van der Waals surface area contributed by atoms with Gasteiger partial charge in [-0.2, -0.15) is 0 Å². The van der Waals surface area contributed by atoms with Gasteiger partial charge in [0.2, 0.25) is 5.91 Å². The number of carbonyl (C=O) groups excluding carboxylic acids is 1. The Morgan fingerprint density at radius 3 is 2.29 bits per heavy atom. The summed E-state index contributed by atoms with van der Waals surface area (Å²) in [6.07, 6.45) is 0.349. The molecule has 0 rings (SSSR count). The van der Waals surface area contributed by atoms with Gasteiger partial charge in [-0.15, -0.1) is 0 Å². The fourth-order valence-electron chi connectivity index (χ4n) is 1.01. The highest BCUT2D eigenvalue weighted by molar-refractivity contribution is 5.81. The first-order chi connectivity index (χ1) is 6.43. The summed E-state index contributed by atoms with van der Waals surface area (Å²) in [4.78, 5) is 11.4. The number of hydrogen-bond donors (Lipinski definition) is 3. The van der Waals surface area contributed by atoms with Crippen LogP contribution in [-0.4, -0.2) is 35.7 Å². The SMILES string of the molecule is CC(O)CCNC(C)C(=O)NC(C)C. The number of aliphatic hydroxyl groups is 1. The molecule has 4 nitrogen and oxygen atoms in total. The second-order valence-corrected chi connectivity index (χ2v) is 3.98. The van der Waals surface area contributed by atoms with E-state index in [1.165, 1.54) is 0 Å². The summed E-state index contributed by atoms with van der Waals surface area (Å²) >= 11 is 0. The van der Waals surface area contributed by atoms with E-state index in [1.807, 2.05) is 20.8 Å². The molecule has 0 bridgehead atoms. The lowest BCUT2D eigenvalue weighted by Crippen LogP contribution is -2.45. The van der Waals surface area contributed by atoms with Gasteiger partial charge in [0.05, 0.1) is 12.1 Å². The molecule has 84 valence electrons. The lowest BCUT2D eigenvalue weighted by Gasteiger charge is -2.16. The lowest BCUT2D eigenvalue weighted by atomic mass is 10.2. The van der Waals surface area contributed by atoms with Gasteiger partial charge in [0.1, 0.15) is 0 Å². The van der Waals surface area contributed by atoms with Crippen LogP contribution in [0.3, 0.4) is 0 Å². The maximum absolute atomic E-state index is 11.4. The van der Waals surface area contributed by atoms with Gasteiger partial charge in [0.15, 0.2) is 0 Å². The van der Waals surface area contributed by atoms with Crippen LogP contribution in [0.25, 0.3) is 0 Å². The van der Waals surface area contributed by atoms with Gasteiger partial charge in [-0.1, -0.05) is 0 Å². The summed E-state index contributed by atoms with van der Waals surface area (Å²) in [5.74, 6) is 0.00518. The molecule has 0 radical (unpaired) electrons. The minimum Gasteiger partial charge on any atom is -0.393 e. The van der Waals surface area contributed by atoms with Gasteiger partial charge in [0.25, 0.3) is 0 Å². The highest BCUT2D eigenvalue weighted by Crippen LogP contribution is 1.89. The molecule has 0 fully saturated rings. The quantitative estimate of drug-likeness (QED) is 0.579. The Kier molecular flexibility index (Phi) is 6.49. The topological polar surface area (TPSA) is 61.4 Å². The van der Waals surface area contributed by atoms with Crippen LogP contribution in [0.5, 0.6) is 0 Å². The smallest absolute Gasteiger partial charge is 0.237 e. The molecule has 3 N–H and O–H groups in total. The average molecular weight is 202 g/mol. The van der Waals surface area contributed by atoms with Gasteiger partial charge in [-0.3, -0.25) is 4.79 Å². The van der Waals surface area contributed by atoms with E-state index < -0.39 is 0 Å². The summed E-state index contributed by atoms with van der Waals surface area (Å²) < 4.78 is 0. The summed E-state index contributed by atoms with van der Waals surface area (Å²) in [7, 11) is 0. The Labute approximate surface area is 86.1 Å². The second-order valence-electron chi connectivity index (χ2n) is 3.98. The molecule has 0 spiro atoms. The Morgan fingerprint density at radius 2 is 1.86 bits per heavy atom. The second kappa shape index (κ2) is 6.79. The Balaban J connectivity index is 3.62. The monoisotopic (exact) mass is 202 g/mol. The van der Waals surface area contributed by atoms with E-state index in [4.69, 9.17) is 5.11 Å². The van der Waals surface area contributed by atoms with Gasteiger partial charge < -0.3 is 15.7 Å². The lowest BCUT2D eigenvalue weighted by molar-refractivity contribution is -0.123. The van der Waals surface area contributed by atoms with E-state index in [1.54, 1.807) is 6.92 Å². The van der Waals surface area contributed by atoms with E-state index >= 15 is 0 Å². The average Bonchev–Trinajstić information content (AvgIpc) is 2.01. The van der Waals surface area contributed by atoms with Crippen LogP contribution in [0.4, 0.5) is 0 Å². The van der Waals surface area contributed by atoms with Crippen molar-refractivity contribution in [3.05, 3.63) is 0 Å². The largest absolute Gasteiger partial charge is 0.393 e. The van der Waals surface area contributed by atoms with Crippen LogP contribution in [0.1, 0.15) is 34.1 Å². The Hall–Kier alpha value is -0.610. The molecule has 2 atom stereocenters. The number of rotatable bonds is 6. The van der Waals surface area contributed by atoms with Crippen molar-refractivity contribution in [2.24, 2.45) is 0 Å². The van der Waals surface area contributed by atoms with Crippen molar-refractivity contribution in [2.45, 2.75) is 52.3 Å². The zero-order valence-corrected chi connectivity index (χ0v) is 9.50. The molecular formula is C10H22N2O2. The van der Waals surface area contributed by atoms with Crippen LogP contribution in [0.2, 0.25) is 0 Å². The number of amides is 1. The third kappa shape index (κ3) is 6.86. The van der Waals surface area contributed by atoms with E-state index in [0.717, 1.165) is 0 Å². The molecule has 0 aliphatic rings. The fraction of sp³-hybridized carbons (Fsp3) is 0.900. The third-order valence-electron chi connectivity index (χ3n) is 1.84. The molecule has 0 aromatic rings. The summed E-state index contributed by atoms with van der Waals surface area (Å²) in [6, 6.07) is -0.0281. The van der Waals surface area contributed by atoms with Crippen molar-refractivity contribution in [1.29, 1.82) is 0 Å². The predicted molar refractivity (Wildman–Crippen MR) is 57.0 cm³/mol. The number of carbonyl (C=O) groups is 1. The maximum atomic E-state index is 11.4. The first kappa shape index (κ1) is 13.4. The van der Waals surface area contributed by atoms with Crippen LogP contribution in [0.15, 0.2) is 0 Å². The molecule has 0 aliphatic carbocycles. The van der Waals surface area contributed by atoms with Gasteiger partial charge in [-0.05, 0) is 40.7 Å². The Morgan fingerprint density at radius 1 is 1.29 bits per heavy atom. The van der Waals surface area contributed by atoms with E-state index in [0.29, 0.717) is 13.0 Å².